The number of nitrogens with one attached hydrogen (secondary N) is 2. The van der Waals surface area contributed by atoms with E-state index in [1.54, 1.807) is 28.4 Å². The first-order chi connectivity index (χ1) is 17.6. The summed E-state index contributed by atoms with van der Waals surface area (Å²) in [6, 6.07) is 15.2. The van der Waals surface area contributed by atoms with E-state index in [2.05, 4.69) is 25.7 Å². The highest BCUT2D eigenvalue weighted by Gasteiger charge is 2.14. The average Bonchev–Trinajstić information content (AvgIpc) is 3.52. The Kier molecular flexibility index (Phi) is 5.70. The number of amides is 1. The summed E-state index contributed by atoms with van der Waals surface area (Å²) in [5, 5.41) is 10.6. The lowest BCUT2D eigenvalue weighted by Gasteiger charge is -2.19. The highest BCUT2D eigenvalue weighted by atomic mass is 32.1. The molecule has 1 aliphatic rings. The fourth-order valence-corrected chi connectivity index (χ4v) is 5.02. The Hall–Kier alpha value is -4.44. The van der Waals surface area contributed by atoms with E-state index >= 15 is 0 Å². The molecule has 9 nitrogen and oxygen atoms in total. The molecule has 0 fully saturated rings. The van der Waals surface area contributed by atoms with Gasteiger partial charge in [0.25, 0.3) is 0 Å². The van der Waals surface area contributed by atoms with Crippen LogP contribution in [-0.4, -0.2) is 38.9 Å². The average molecular weight is 499 g/mol. The molecule has 36 heavy (non-hydrogen) atoms. The zero-order chi connectivity index (χ0) is 24.5. The third-order valence-corrected chi connectivity index (χ3v) is 6.89. The fraction of sp³-hybridized carbons (Fsp3) is 0.154. The molecule has 1 amide bonds. The van der Waals surface area contributed by atoms with Gasteiger partial charge < -0.3 is 20.1 Å². The number of hydrogen-bond acceptors (Lipinski definition) is 8. The van der Waals surface area contributed by atoms with E-state index in [4.69, 9.17) is 9.47 Å². The van der Waals surface area contributed by atoms with Crippen molar-refractivity contribution in [1.82, 2.24) is 19.7 Å². The van der Waals surface area contributed by atoms with Gasteiger partial charge in [0.15, 0.2) is 17.3 Å². The molecule has 3 aromatic heterocycles. The van der Waals surface area contributed by atoms with Crippen molar-refractivity contribution in [2.75, 3.05) is 23.8 Å². The van der Waals surface area contributed by atoms with E-state index in [0.29, 0.717) is 30.4 Å². The van der Waals surface area contributed by atoms with Crippen LogP contribution < -0.4 is 20.1 Å². The van der Waals surface area contributed by atoms with Crippen molar-refractivity contribution in [3.8, 4) is 21.9 Å². The summed E-state index contributed by atoms with van der Waals surface area (Å²) in [5.41, 5.74) is 4.38. The molecule has 0 atom stereocenters. The Morgan fingerprint density at radius 2 is 1.83 bits per heavy atom. The molecule has 2 N–H and O–H groups in total. The van der Waals surface area contributed by atoms with E-state index in [-0.39, 0.29) is 12.3 Å². The van der Waals surface area contributed by atoms with E-state index in [1.165, 1.54) is 0 Å². The van der Waals surface area contributed by atoms with Gasteiger partial charge >= 0.3 is 0 Å². The number of ether oxygens (including phenoxy) is 2. The molecule has 0 spiro atoms. The van der Waals surface area contributed by atoms with Gasteiger partial charge in [-0.15, -0.1) is 11.3 Å². The standard InChI is InChI=1S/C26H22N6O3S/c1-32-14-17(13-29-32)23-12-20-25(36-23)26(28-15-27-20)31-18-4-2-16(3-5-18)10-24(33)30-19-6-7-21-22(11-19)35-9-8-34-21/h2-7,11-15H,8-10H2,1H3,(H,30,33)(H,27,28,31). The van der Waals surface area contributed by atoms with E-state index in [1.807, 2.05) is 61.9 Å². The van der Waals surface area contributed by atoms with Crippen molar-refractivity contribution in [2.45, 2.75) is 6.42 Å². The summed E-state index contributed by atoms with van der Waals surface area (Å²) in [4.78, 5) is 22.5. The van der Waals surface area contributed by atoms with Gasteiger partial charge in [0.1, 0.15) is 19.5 Å². The quantitative estimate of drug-likeness (QED) is 0.347. The molecule has 180 valence electrons. The molecular formula is C26H22N6O3S. The number of aromatic nitrogens is 4. The summed E-state index contributed by atoms with van der Waals surface area (Å²) in [5.74, 6) is 1.97. The van der Waals surface area contributed by atoms with Crippen molar-refractivity contribution in [3.05, 3.63) is 72.8 Å². The van der Waals surface area contributed by atoms with Crippen LogP contribution in [0.1, 0.15) is 5.56 Å². The predicted molar refractivity (Wildman–Crippen MR) is 139 cm³/mol. The minimum Gasteiger partial charge on any atom is -0.486 e. The molecule has 0 unspecified atom stereocenters. The number of benzene rings is 2. The molecule has 0 bridgehead atoms. The summed E-state index contributed by atoms with van der Waals surface area (Å²) >= 11 is 1.62. The second-order valence-corrected chi connectivity index (χ2v) is 9.41. The van der Waals surface area contributed by atoms with Crippen molar-refractivity contribution < 1.29 is 14.3 Å². The second kappa shape index (κ2) is 9.31. The molecule has 0 saturated carbocycles. The van der Waals surface area contributed by atoms with Crippen LogP contribution in [0.4, 0.5) is 17.2 Å². The molecule has 6 rings (SSSR count). The van der Waals surface area contributed by atoms with Crippen LogP contribution in [-0.2, 0) is 18.3 Å². The molecule has 10 heteroatoms. The van der Waals surface area contributed by atoms with Gasteiger partial charge in [-0.3, -0.25) is 9.48 Å². The van der Waals surface area contributed by atoms with Gasteiger partial charge in [-0.05, 0) is 35.9 Å². The van der Waals surface area contributed by atoms with E-state index in [9.17, 15) is 4.79 Å². The monoisotopic (exact) mass is 498 g/mol. The van der Waals surface area contributed by atoms with Crippen molar-refractivity contribution in [2.24, 2.45) is 7.05 Å². The largest absolute Gasteiger partial charge is 0.486 e. The maximum atomic E-state index is 12.6. The highest BCUT2D eigenvalue weighted by Crippen LogP contribution is 2.36. The molecule has 4 heterocycles. The molecule has 0 radical (unpaired) electrons. The van der Waals surface area contributed by atoms with Crippen LogP contribution in [0.5, 0.6) is 11.5 Å². The van der Waals surface area contributed by atoms with Crippen molar-refractivity contribution in [3.63, 3.8) is 0 Å². The normalized spacial score (nSPS) is 12.5. The van der Waals surface area contributed by atoms with Gasteiger partial charge in [-0.1, -0.05) is 12.1 Å². The smallest absolute Gasteiger partial charge is 0.228 e. The summed E-state index contributed by atoms with van der Waals surface area (Å²) in [7, 11) is 1.90. The Labute approximate surface area is 210 Å². The molecule has 2 aromatic carbocycles. The predicted octanol–water partition coefficient (Wildman–Crippen LogP) is 4.79. The number of fused-ring (bicyclic) bond motifs is 2. The number of anilines is 3. The number of hydrogen-bond donors (Lipinski definition) is 2. The van der Waals surface area contributed by atoms with Crippen molar-refractivity contribution >= 4 is 44.7 Å². The lowest BCUT2D eigenvalue weighted by Crippen LogP contribution is -2.17. The zero-order valence-corrected chi connectivity index (χ0v) is 20.2. The molecule has 0 saturated heterocycles. The Balaban J connectivity index is 1.13. The van der Waals surface area contributed by atoms with Gasteiger partial charge in [0.05, 0.1) is 22.8 Å². The van der Waals surface area contributed by atoms with Gasteiger partial charge in [-0.25, -0.2) is 9.97 Å². The number of rotatable bonds is 6. The Bertz CT molecular complexity index is 1560. The number of nitrogens with zero attached hydrogens (tertiary/aromatic N) is 4. The lowest BCUT2D eigenvalue weighted by molar-refractivity contribution is -0.115. The fourth-order valence-electron chi connectivity index (χ4n) is 3.99. The first kappa shape index (κ1) is 22.1. The lowest BCUT2D eigenvalue weighted by atomic mass is 10.1. The van der Waals surface area contributed by atoms with Crippen LogP contribution in [0.15, 0.2) is 67.3 Å². The van der Waals surface area contributed by atoms with Crippen molar-refractivity contribution in [1.29, 1.82) is 0 Å². The number of thiophene rings is 1. The maximum Gasteiger partial charge on any atom is 0.228 e. The summed E-state index contributed by atoms with van der Waals surface area (Å²) in [6.07, 6.45) is 5.63. The van der Waals surface area contributed by atoms with Crippen LogP contribution in [0, 0.1) is 0 Å². The second-order valence-electron chi connectivity index (χ2n) is 8.36. The van der Waals surface area contributed by atoms with Crippen LogP contribution in [0.2, 0.25) is 0 Å². The van der Waals surface area contributed by atoms with Gasteiger partial charge in [-0.2, -0.15) is 5.10 Å². The minimum absolute atomic E-state index is 0.105. The highest BCUT2D eigenvalue weighted by molar-refractivity contribution is 7.22. The third kappa shape index (κ3) is 4.58. The SMILES string of the molecule is Cn1cc(-c2cc3ncnc(Nc4ccc(CC(=O)Nc5ccc6c(c5)OCCO6)cc4)c3s2)cn1. The first-order valence-electron chi connectivity index (χ1n) is 11.4. The van der Waals surface area contributed by atoms with E-state index < -0.39 is 0 Å². The minimum atomic E-state index is -0.105. The Morgan fingerprint density at radius 3 is 2.64 bits per heavy atom. The number of carbonyl (C=O) groups excluding carboxylic acids is 1. The van der Waals surface area contributed by atoms with E-state index in [0.717, 1.165) is 37.7 Å². The van der Waals surface area contributed by atoms with Gasteiger partial charge in [0, 0.05) is 41.1 Å². The topological polar surface area (TPSA) is 103 Å². The van der Waals surface area contributed by atoms with Gasteiger partial charge in [0.2, 0.25) is 5.91 Å². The van der Waals surface area contributed by atoms with Crippen LogP contribution in [0.25, 0.3) is 20.7 Å². The number of aryl methyl sites for hydroxylation is 1. The van der Waals surface area contributed by atoms with Crippen LogP contribution in [0.3, 0.4) is 0 Å². The summed E-state index contributed by atoms with van der Waals surface area (Å²) < 4.78 is 13.9. The van der Waals surface area contributed by atoms with Crippen LogP contribution >= 0.6 is 11.3 Å². The molecular weight excluding hydrogens is 476 g/mol. The zero-order valence-electron chi connectivity index (χ0n) is 19.4. The Morgan fingerprint density at radius 1 is 1.03 bits per heavy atom. The molecule has 0 aliphatic carbocycles. The summed E-state index contributed by atoms with van der Waals surface area (Å²) in [6.45, 7) is 1.04. The molecule has 1 aliphatic heterocycles. The number of carbonyl (C=O) groups is 1. The molecule has 5 aromatic rings. The third-order valence-electron chi connectivity index (χ3n) is 5.71. The first-order valence-corrected chi connectivity index (χ1v) is 12.2. The maximum absolute atomic E-state index is 12.6.